The van der Waals surface area contributed by atoms with Gasteiger partial charge in [-0.1, -0.05) is 6.92 Å². The van der Waals surface area contributed by atoms with E-state index in [1.54, 1.807) is 6.07 Å². The Hall–Kier alpha value is -0.960. The Labute approximate surface area is 83.6 Å². The molecule has 1 aromatic heterocycles. The number of hydrogen-bond donors (Lipinski definition) is 1. The maximum atomic E-state index is 12.7. The Morgan fingerprint density at radius 2 is 2.36 bits per heavy atom. The largest absolute Gasteiger partial charge is 0.308 e. The molecule has 0 bridgehead atoms. The number of hydrogen-bond acceptors (Lipinski definition) is 2. The molecule has 0 saturated carbocycles. The molecule has 0 aromatic carbocycles. The number of pyridine rings is 1. The van der Waals surface area contributed by atoms with E-state index in [4.69, 9.17) is 0 Å². The zero-order valence-corrected chi connectivity index (χ0v) is 8.33. The van der Waals surface area contributed by atoms with Crippen LogP contribution in [0.3, 0.4) is 0 Å². The number of halogens is 1. The maximum Gasteiger partial charge on any atom is 0.141 e. The summed E-state index contributed by atoms with van der Waals surface area (Å²) in [7, 11) is 0. The van der Waals surface area contributed by atoms with Crippen LogP contribution in [-0.4, -0.2) is 11.5 Å². The normalized spacial score (nSPS) is 27.6. The fourth-order valence-corrected chi connectivity index (χ4v) is 2.02. The van der Waals surface area contributed by atoms with Crippen molar-refractivity contribution in [2.75, 3.05) is 6.54 Å². The van der Waals surface area contributed by atoms with Gasteiger partial charge in [0.15, 0.2) is 0 Å². The molecule has 1 N–H and O–H groups in total. The second kappa shape index (κ2) is 4.05. The van der Waals surface area contributed by atoms with Crippen LogP contribution in [0.2, 0.25) is 0 Å². The summed E-state index contributed by atoms with van der Waals surface area (Å²) in [4.78, 5) is 4.11. The molecule has 1 aliphatic rings. The minimum atomic E-state index is -0.266. The molecule has 0 spiro atoms. The predicted octanol–water partition coefficient (Wildman–Crippen LogP) is 2.28. The van der Waals surface area contributed by atoms with Gasteiger partial charge in [0.05, 0.1) is 17.9 Å². The summed E-state index contributed by atoms with van der Waals surface area (Å²) in [6, 6.07) is 3.55. The Kier molecular flexibility index (Phi) is 2.77. The Bertz CT molecular complexity index is 297. The summed E-state index contributed by atoms with van der Waals surface area (Å²) in [6.07, 6.45) is 3.73. The molecule has 2 atom stereocenters. The van der Waals surface area contributed by atoms with Crippen molar-refractivity contribution in [2.45, 2.75) is 25.8 Å². The third-order valence-corrected chi connectivity index (χ3v) is 2.84. The lowest BCUT2D eigenvalue weighted by atomic mass is 9.90. The fraction of sp³-hybridized carbons (Fsp3) is 0.545. The number of rotatable bonds is 1. The van der Waals surface area contributed by atoms with E-state index >= 15 is 0 Å². The summed E-state index contributed by atoms with van der Waals surface area (Å²) in [5.74, 6) is 0.318. The van der Waals surface area contributed by atoms with Gasteiger partial charge < -0.3 is 5.32 Å². The van der Waals surface area contributed by atoms with Crippen LogP contribution in [-0.2, 0) is 0 Å². The van der Waals surface area contributed by atoms with E-state index in [9.17, 15) is 4.39 Å². The molecule has 0 amide bonds. The molecule has 76 valence electrons. The first-order chi connectivity index (χ1) is 6.77. The van der Waals surface area contributed by atoms with Crippen molar-refractivity contribution in [3.05, 3.63) is 29.8 Å². The third kappa shape index (κ3) is 1.93. The predicted molar refractivity (Wildman–Crippen MR) is 53.3 cm³/mol. The highest BCUT2D eigenvalue weighted by Crippen LogP contribution is 2.27. The second-order valence-corrected chi connectivity index (χ2v) is 3.95. The van der Waals surface area contributed by atoms with Gasteiger partial charge in [-0.15, -0.1) is 0 Å². The van der Waals surface area contributed by atoms with Crippen molar-refractivity contribution < 1.29 is 4.39 Å². The van der Waals surface area contributed by atoms with Crippen molar-refractivity contribution in [1.29, 1.82) is 0 Å². The first-order valence-electron chi connectivity index (χ1n) is 5.12. The molecule has 1 saturated heterocycles. The van der Waals surface area contributed by atoms with Gasteiger partial charge in [0.25, 0.3) is 0 Å². The molecule has 2 nitrogen and oxygen atoms in total. The molecule has 3 heteroatoms. The Balaban J connectivity index is 2.16. The quantitative estimate of drug-likeness (QED) is 0.742. The lowest BCUT2D eigenvalue weighted by Crippen LogP contribution is -2.33. The van der Waals surface area contributed by atoms with Gasteiger partial charge in [-0.25, -0.2) is 4.39 Å². The van der Waals surface area contributed by atoms with Gasteiger partial charge in [0.1, 0.15) is 5.82 Å². The molecule has 14 heavy (non-hydrogen) atoms. The van der Waals surface area contributed by atoms with Gasteiger partial charge in [0, 0.05) is 0 Å². The van der Waals surface area contributed by atoms with Gasteiger partial charge >= 0.3 is 0 Å². The monoisotopic (exact) mass is 194 g/mol. The standard InChI is InChI=1S/C11H15FN2/c1-8-3-2-6-13-11(8)10-5-4-9(12)7-14-10/h4-5,7-8,11,13H,2-3,6H2,1H3. The van der Waals surface area contributed by atoms with E-state index < -0.39 is 0 Å². The highest BCUT2D eigenvalue weighted by molar-refractivity contribution is 5.11. The number of nitrogens with one attached hydrogen (secondary N) is 1. The van der Waals surface area contributed by atoms with E-state index in [1.807, 2.05) is 0 Å². The summed E-state index contributed by atoms with van der Waals surface area (Å²) in [5, 5.41) is 3.42. The smallest absolute Gasteiger partial charge is 0.141 e. The van der Waals surface area contributed by atoms with Gasteiger partial charge in [-0.3, -0.25) is 4.98 Å². The third-order valence-electron chi connectivity index (χ3n) is 2.84. The molecule has 2 heterocycles. The van der Waals surface area contributed by atoms with Crippen molar-refractivity contribution in [1.82, 2.24) is 10.3 Å². The molecule has 1 aliphatic heterocycles. The van der Waals surface area contributed by atoms with E-state index in [1.165, 1.54) is 25.1 Å². The minimum absolute atomic E-state index is 0.266. The van der Waals surface area contributed by atoms with E-state index in [-0.39, 0.29) is 5.82 Å². The maximum absolute atomic E-state index is 12.7. The lowest BCUT2D eigenvalue weighted by Gasteiger charge is -2.29. The molecular weight excluding hydrogens is 179 g/mol. The zero-order chi connectivity index (χ0) is 9.97. The molecule has 1 aromatic rings. The SMILES string of the molecule is CC1CCCNC1c1ccc(F)cn1. The minimum Gasteiger partial charge on any atom is -0.308 e. The van der Waals surface area contributed by atoms with Crippen LogP contribution in [0.15, 0.2) is 18.3 Å². The van der Waals surface area contributed by atoms with Crippen LogP contribution in [0.1, 0.15) is 31.5 Å². The molecule has 2 unspecified atom stereocenters. The van der Waals surface area contributed by atoms with E-state index in [0.29, 0.717) is 12.0 Å². The van der Waals surface area contributed by atoms with Crippen LogP contribution in [0, 0.1) is 11.7 Å². The average Bonchev–Trinajstić information content (AvgIpc) is 2.20. The van der Waals surface area contributed by atoms with Gasteiger partial charge in [-0.05, 0) is 37.4 Å². The molecule has 2 rings (SSSR count). The van der Waals surface area contributed by atoms with Crippen LogP contribution in [0.4, 0.5) is 4.39 Å². The Morgan fingerprint density at radius 1 is 1.50 bits per heavy atom. The fourth-order valence-electron chi connectivity index (χ4n) is 2.02. The van der Waals surface area contributed by atoms with Crippen LogP contribution in [0.25, 0.3) is 0 Å². The summed E-state index contributed by atoms with van der Waals surface area (Å²) < 4.78 is 12.7. The highest BCUT2D eigenvalue weighted by atomic mass is 19.1. The second-order valence-electron chi connectivity index (χ2n) is 3.95. The zero-order valence-electron chi connectivity index (χ0n) is 8.33. The van der Waals surface area contributed by atoms with Crippen LogP contribution < -0.4 is 5.32 Å². The van der Waals surface area contributed by atoms with Crippen molar-refractivity contribution in [2.24, 2.45) is 5.92 Å². The topological polar surface area (TPSA) is 24.9 Å². The molecule has 0 radical (unpaired) electrons. The summed E-state index contributed by atoms with van der Waals surface area (Å²) >= 11 is 0. The van der Waals surface area contributed by atoms with Crippen molar-refractivity contribution in [3.8, 4) is 0 Å². The number of aromatic nitrogens is 1. The summed E-state index contributed by atoms with van der Waals surface area (Å²) in [5.41, 5.74) is 0.957. The summed E-state index contributed by atoms with van der Waals surface area (Å²) in [6.45, 7) is 3.25. The van der Waals surface area contributed by atoms with Gasteiger partial charge in [-0.2, -0.15) is 0 Å². The molecule has 1 fully saturated rings. The van der Waals surface area contributed by atoms with Crippen molar-refractivity contribution in [3.63, 3.8) is 0 Å². The lowest BCUT2D eigenvalue weighted by molar-refractivity contribution is 0.300. The molecule has 0 aliphatic carbocycles. The van der Waals surface area contributed by atoms with Gasteiger partial charge in [0.2, 0.25) is 0 Å². The van der Waals surface area contributed by atoms with E-state index in [2.05, 4.69) is 17.2 Å². The van der Waals surface area contributed by atoms with Crippen LogP contribution in [0.5, 0.6) is 0 Å². The number of nitrogens with zero attached hydrogens (tertiary/aromatic N) is 1. The van der Waals surface area contributed by atoms with Crippen LogP contribution >= 0.6 is 0 Å². The Morgan fingerprint density at radius 3 is 3.00 bits per heavy atom. The number of piperidine rings is 1. The van der Waals surface area contributed by atoms with E-state index in [0.717, 1.165) is 12.2 Å². The van der Waals surface area contributed by atoms with Crippen molar-refractivity contribution >= 4 is 0 Å². The average molecular weight is 194 g/mol. The first kappa shape index (κ1) is 9.59. The highest BCUT2D eigenvalue weighted by Gasteiger charge is 2.22. The molecular formula is C11H15FN2. The first-order valence-corrected chi connectivity index (χ1v) is 5.12.